The molecular weight excluding hydrogens is 186 g/mol. The highest BCUT2D eigenvalue weighted by Crippen LogP contribution is 2.20. The maximum Gasteiger partial charge on any atom is 0.230 e. The van der Waals surface area contributed by atoms with Crippen LogP contribution < -0.4 is 11.1 Å². The number of anilines is 1. The first-order valence-corrected chi connectivity index (χ1v) is 4.76. The summed E-state index contributed by atoms with van der Waals surface area (Å²) in [6, 6.07) is 3.53. The van der Waals surface area contributed by atoms with Crippen LogP contribution in [0.2, 0.25) is 0 Å². The molecule has 1 aromatic rings. The molecule has 0 bridgehead atoms. The van der Waals surface area contributed by atoms with Gasteiger partial charge in [-0.2, -0.15) is 0 Å². The van der Waals surface area contributed by atoms with Crippen LogP contribution >= 0.6 is 11.8 Å². The molecule has 0 fully saturated rings. The first-order chi connectivity index (χ1) is 6.24. The molecule has 0 aliphatic carbocycles. The van der Waals surface area contributed by atoms with Crippen LogP contribution in [0.4, 0.5) is 5.69 Å². The van der Waals surface area contributed by atoms with E-state index in [9.17, 15) is 4.79 Å². The van der Waals surface area contributed by atoms with Gasteiger partial charge in [0.1, 0.15) is 5.03 Å². The third-order valence-corrected chi connectivity index (χ3v) is 2.44. The van der Waals surface area contributed by atoms with Crippen molar-refractivity contribution in [2.24, 2.45) is 0 Å². The lowest BCUT2D eigenvalue weighted by Gasteiger charge is -2.02. The molecule has 3 N–H and O–H groups in total. The summed E-state index contributed by atoms with van der Waals surface area (Å²) in [7, 11) is 1.60. The quantitative estimate of drug-likeness (QED) is 0.692. The van der Waals surface area contributed by atoms with Gasteiger partial charge >= 0.3 is 0 Å². The predicted octanol–water partition coefficient (Wildman–Crippen LogP) is 0.502. The number of nitrogen functional groups attached to an aromatic ring is 1. The Morgan fingerprint density at radius 1 is 1.77 bits per heavy atom. The summed E-state index contributed by atoms with van der Waals surface area (Å²) < 4.78 is 0. The van der Waals surface area contributed by atoms with Crippen molar-refractivity contribution in [2.75, 3.05) is 18.5 Å². The van der Waals surface area contributed by atoms with Crippen LogP contribution in [0.3, 0.4) is 0 Å². The number of hydrogen-bond acceptors (Lipinski definition) is 4. The van der Waals surface area contributed by atoms with Gasteiger partial charge in [0, 0.05) is 13.2 Å². The molecule has 0 aliphatic heterocycles. The normalized spacial score (nSPS) is 9.62. The molecule has 0 saturated heterocycles. The summed E-state index contributed by atoms with van der Waals surface area (Å²) in [5.41, 5.74) is 6.24. The van der Waals surface area contributed by atoms with Gasteiger partial charge in [0.2, 0.25) is 5.91 Å². The first-order valence-electron chi connectivity index (χ1n) is 3.78. The Morgan fingerprint density at radius 2 is 2.54 bits per heavy atom. The van der Waals surface area contributed by atoms with Gasteiger partial charge in [-0.25, -0.2) is 4.98 Å². The van der Waals surface area contributed by atoms with Crippen molar-refractivity contribution in [1.82, 2.24) is 10.3 Å². The van der Waals surface area contributed by atoms with E-state index in [0.717, 1.165) is 0 Å². The average molecular weight is 197 g/mol. The van der Waals surface area contributed by atoms with Crippen LogP contribution in [-0.4, -0.2) is 23.7 Å². The summed E-state index contributed by atoms with van der Waals surface area (Å²) in [6.07, 6.45) is 1.66. The fourth-order valence-electron chi connectivity index (χ4n) is 0.730. The smallest absolute Gasteiger partial charge is 0.230 e. The van der Waals surface area contributed by atoms with Crippen molar-refractivity contribution in [3.8, 4) is 0 Å². The lowest BCUT2D eigenvalue weighted by molar-refractivity contribution is -0.118. The highest BCUT2D eigenvalue weighted by molar-refractivity contribution is 8.00. The summed E-state index contributed by atoms with van der Waals surface area (Å²) in [5, 5.41) is 3.23. The van der Waals surface area contributed by atoms with Gasteiger partial charge in [0.25, 0.3) is 0 Å². The fourth-order valence-corrected chi connectivity index (χ4v) is 1.51. The Labute approximate surface area is 80.9 Å². The number of rotatable bonds is 3. The Kier molecular flexibility index (Phi) is 3.57. The maximum absolute atomic E-state index is 10.9. The van der Waals surface area contributed by atoms with Gasteiger partial charge in [0.05, 0.1) is 11.4 Å². The van der Waals surface area contributed by atoms with Crippen molar-refractivity contribution in [1.29, 1.82) is 0 Å². The zero-order chi connectivity index (χ0) is 9.68. The minimum absolute atomic E-state index is 0.0324. The van der Waals surface area contributed by atoms with Gasteiger partial charge in [-0.1, -0.05) is 11.8 Å². The fraction of sp³-hybridized carbons (Fsp3) is 0.250. The van der Waals surface area contributed by atoms with E-state index in [4.69, 9.17) is 5.73 Å². The predicted molar refractivity (Wildman–Crippen MR) is 53.4 cm³/mol. The number of pyridine rings is 1. The first kappa shape index (κ1) is 9.85. The van der Waals surface area contributed by atoms with Crippen molar-refractivity contribution < 1.29 is 4.79 Å². The third-order valence-electron chi connectivity index (χ3n) is 1.42. The molecule has 5 heteroatoms. The lowest BCUT2D eigenvalue weighted by atomic mass is 10.4. The van der Waals surface area contributed by atoms with E-state index < -0.39 is 0 Å². The summed E-state index contributed by atoms with van der Waals surface area (Å²) in [4.78, 5) is 14.9. The third kappa shape index (κ3) is 2.95. The number of amides is 1. The molecule has 0 radical (unpaired) electrons. The van der Waals surface area contributed by atoms with Crippen LogP contribution in [0.5, 0.6) is 0 Å². The molecule has 0 saturated carbocycles. The molecule has 1 amide bonds. The minimum atomic E-state index is -0.0324. The molecule has 1 aromatic heterocycles. The zero-order valence-electron chi connectivity index (χ0n) is 7.28. The van der Waals surface area contributed by atoms with Crippen molar-refractivity contribution in [3.05, 3.63) is 18.3 Å². The van der Waals surface area contributed by atoms with Gasteiger partial charge in [-0.3, -0.25) is 4.79 Å². The van der Waals surface area contributed by atoms with E-state index in [0.29, 0.717) is 16.5 Å². The maximum atomic E-state index is 10.9. The van der Waals surface area contributed by atoms with E-state index in [1.807, 2.05) is 0 Å². The van der Waals surface area contributed by atoms with Crippen LogP contribution in [-0.2, 0) is 4.79 Å². The van der Waals surface area contributed by atoms with Crippen LogP contribution in [0.25, 0.3) is 0 Å². The monoisotopic (exact) mass is 197 g/mol. The largest absolute Gasteiger partial charge is 0.397 e. The summed E-state index contributed by atoms with van der Waals surface area (Å²) in [6.45, 7) is 0. The van der Waals surface area contributed by atoms with Gasteiger partial charge < -0.3 is 11.1 Å². The molecule has 70 valence electrons. The second-order valence-electron chi connectivity index (χ2n) is 2.36. The van der Waals surface area contributed by atoms with Crippen LogP contribution in [0.1, 0.15) is 0 Å². The van der Waals surface area contributed by atoms with E-state index in [2.05, 4.69) is 10.3 Å². The molecule has 0 spiro atoms. The molecular formula is C8H11N3OS. The molecule has 1 rings (SSSR count). The van der Waals surface area contributed by atoms with E-state index in [1.165, 1.54) is 11.8 Å². The molecule has 0 unspecified atom stereocenters. The van der Waals surface area contributed by atoms with Crippen molar-refractivity contribution >= 4 is 23.4 Å². The molecule has 13 heavy (non-hydrogen) atoms. The SMILES string of the molecule is CNC(=O)CSc1ncccc1N. The molecule has 0 aliphatic rings. The molecule has 0 aromatic carbocycles. The van der Waals surface area contributed by atoms with Crippen molar-refractivity contribution in [3.63, 3.8) is 0 Å². The highest BCUT2D eigenvalue weighted by Gasteiger charge is 2.03. The number of thioether (sulfide) groups is 1. The average Bonchev–Trinajstić information content (AvgIpc) is 2.16. The summed E-state index contributed by atoms with van der Waals surface area (Å²) >= 11 is 1.33. The standard InChI is InChI=1S/C8H11N3OS/c1-10-7(12)5-13-8-6(9)3-2-4-11-8/h2-4H,5,9H2,1H3,(H,10,12). The molecule has 0 atom stereocenters. The minimum Gasteiger partial charge on any atom is -0.397 e. The second kappa shape index (κ2) is 4.71. The Balaban J connectivity index is 2.54. The van der Waals surface area contributed by atoms with Crippen molar-refractivity contribution in [2.45, 2.75) is 5.03 Å². The topological polar surface area (TPSA) is 68.0 Å². The summed E-state index contributed by atoms with van der Waals surface area (Å²) in [5.74, 6) is 0.313. The van der Waals surface area contributed by atoms with E-state index in [-0.39, 0.29) is 5.91 Å². The number of nitrogens with zero attached hydrogens (tertiary/aromatic N) is 1. The van der Waals surface area contributed by atoms with E-state index in [1.54, 1.807) is 25.4 Å². The van der Waals surface area contributed by atoms with Gasteiger partial charge in [-0.15, -0.1) is 0 Å². The second-order valence-corrected chi connectivity index (χ2v) is 3.32. The van der Waals surface area contributed by atoms with Gasteiger partial charge in [0.15, 0.2) is 0 Å². The number of hydrogen-bond donors (Lipinski definition) is 2. The Bertz CT molecular complexity index is 303. The van der Waals surface area contributed by atoms with Crippen LogP contribution in [0, 0.1) is 0 Å². The Hall–Kier alpha value is -1.23. The number of aromatic nitrogens is 1. The molecule has 1 heterocycles. The Morgan fingerprint density at radius 3 is 3.15 bits per heavy atom. The molecule has 4 nitrogen and oxygen atoms in total. The number of nitrogens with two attached hydrogens (primary N) is 1. The highest BCUT2D eigenvalue weighted by atomic mass is 32.2. The number of carbonyl (C=O) groups excluding carboxylic acids is 1. The zero-order valence-corrected chi connectivity index (χ0v) is 8.10. The van der Waals surface area contributed by atoms with E-state index >= 15 is 0 Å². The number of nitrogens with one attached hydrogen (secondary N) is 1. The number of carbonyl (C=O) groups is 1. The van der Waals surface area contributed by atoms with Gasteiger partial charge in [-0.05, 0) is 12.1 Å². The lowest BCUT2D eigenvalue weighted by Crippen LogP contribution is -2.19. The van der Waals surface area contributed by atoms with Crippen LogP contribution in [0.15, 0.2) is 23.4 Å².